The summed E-state index contributed by atoms with van der Waals surface area (Å²) in [6, 6.07) is 17.2. The number of thiazole rings is 1. The molecule has 156 valence electrons. The first-order valence-electron chi connectivity index (χ1n) is 9.50. The first-order chi connectivity index (χ1) is 14.5. The van der Waals surface area contributed by atoms with Crippen LogP contribution >= 0.6 is 23.1 Å². The van der Waals surface area contributed by atoms with Crippen molar-refractivity contribution in [3.05, 3.63) is 60.2 Å². The predicted molar refractivity (Wildman–Crippen MR) is 122 cm³/mol. The summed E-state index contributed by atoms with van der Waals surface area (Å²) in [5.74, 6) is 0.615. The molecule has 0 spiro atoms. The molecule has 0 radical (unpaired) electrons. The highest BCUT2D eigenvalue weighted by Crippen LogP contribution is 2.37. The second kappa shape index (κ2) is 10.8. The predicted octanol–water partition coefficient (Wildman–Crippen LogP) is 4.36. The minimum absolute atomic E-state index is 0.0453. The Balaban J connectivity index is 1.71. The first kappa shape index (κ1) is 21.9. The molecule has 2 amide bonds. The Morgan fingerprint density at radius 2 is 1.90 bits per heavy atom. The maximum Gasteiger partial charge on any atom is 0.262 e. The lowest BCUT2D eigenvalue weighted by Gasteiger charge is -2.08. The van der Waals surface area contributed by atoms with Crippen LogP contribution in [-0.4, -0.2) is 35.7 Å². The van der Waals surface area contributed by atoms with Crippen LogP contribution in [-0.2, 0) is 9.59 Å². The lowest BCUT2D eigenvalue weighted by Crippen LogP contribution is -2.24. The summed E-state index contributed by atoms with van der Waals surface area (Å²) >= 11 is 2.70. The zero-order valence-electron chi connectivity index (χ0n) is 16.8. The van der Waals surface area contributed by atoms with Crippen molar-refractivity contribution in [1.29, 1.82) is 0 Å². The highest BCUT2D eigenvalue weighted by Gasteiger charge is 2.17. The minimum Gasteiger partial charge on any atom is -0.484 e. The number of anilines is 1. The lowest BCUT2D eigenvalue weighted by molar-refractivity contribution is -0.119. The number of carbonyl (C=O) groups is 2. The van der Waals surface area contributed by atoms with Crippen LogP contribution in [0, 0.1) is 6.92 Å². The van der Waals surface area contributed by atoms with Gasteiger partial charge in [-0.1, -0.05) is 65.6 Å². The van der Waals surface area contributed by atoms with Gasteiger partial charge in [0.2, 0.25) is 5.91 Å². The summed E-state index contributed by atoms with van der Waals surface area (Å²) in [6.45, 7) is 4.34. The molecule has 0 saturated heterocycles. The molecule has 1 heterocycles. The van der Waals surface area contributed by atoms with E-state index in [1.807, 2.05) is 68.4 Å². The number of aromatic nitrogens is 1. The van der Waals surface area contributed by atoms with Crippen LogP contribution in [0.5, 0.6) is 5.75 Å². The quantitative estimate of drug-likeness (QED) is 0.482. The highest BCUT2D eigenvalue weighted by atomic mass is 32.2. The largest absolute Gasteiger partial charge is 0.484 e. The average molecular weight is 442 g/mol. The standard InChI is InChI=1S/C22H23N3O3S2/c1-3-23-19(27)14-29-22-25-20(16-9-5-4-6-10-16)21(30-22)24-18(26)13-28-17-11-7-8-15(2)12-17/h4-12H,3,13-14H2,1-2H3,(H,23,27)(H,24,26). The van der Waals surface area contributed by atoms with E-state index in [0.717, 1.165) is 15.5 Å². The number of nitrogens with one attached hydrogen (secondary N) is 2. The van der Waals surface area contributed by atoms with Gasteiger partial charge < -0.3 is 15.4 Å². The van der Waals surface area contributed by atoms with Crippen LogP contribution < -0.4 is 15.4 Å². The van der Waals surface area contributed by atoms with E-state index in [-0.39, 0.29) is 24.2 Å². The van der Waals surface area contributed by atoms with Crippen molar-refractivity contribution in [1.82, 2.24) is 10.3 Å². The van der Waals surface area contributed by atoms with Crippen molar-refractivity contribution >= 4 is 39.9 Å². The SMILES string of the molecule is CCNC(=O)CSc1nc(-c2ccccc2)c(NC(=O)COc2cccc(C)c2)s1. The summed E-state index contributed by atoms with van der Waals surface area (Å²) in [6.07, 6.45) is 0. The van der Waals surface area contributed by atoms with E-state index in [1.165, 1.54) is 23.1 Å². The van der Waals surface area contributed by atoms with Crippen molar-refractivity contribution in [2.75, 3.05) is 24.2 Å². The zero-order valence-corrected chi connectivity index (χ0v) is 18.4. The summed E-state index contributed by atoms with van der Waals surface area (Å²) in [4.78, 5) is 28.9. The Morgan fingerprint density at radius 3 is 2.63 bits per heavy atom. The number of benzene rings is 2. The molecule has 8 heteroatoms. The van der Waals surface area contributed by atoms with Crippen LogP contribution in [0.25, 0.3) is 11.3 Å². The molecule has 0 unspecified atom stereocenters. The number of ether oxygens (including phenoxy) is 1. The minimum atomic E-state index is -0.266. The summed E-state index contributed by atoms with van der Waals surface area (Å²) in [7, 11) is 0. The normalized spacial score (nSPS) is 10.5. The number of amides is 2. The summed E-state index contributed by atoms with van der Waals surface area (Å²) in [5.41, 5.74) is 2.65. The van der Waals surface area contributed by atoms with Gasteiger partial charge in [0.05, 0.1) is 5.75 Å². The third-order valence-corrected chi connectivity index (χ3v) is 6.08. The summed E-state index contributed by atoms with van der Waals surface area (Å²) in [5, 5.41) is 6.31. The van der Waals surface area contributed by atoms with Gasteiger partial charge in [-0.15, -0.1) is 0 Å². The van der Waals surface area contributed by atoms with Gasteiger partial charge in [-0.05, 0) is 31.5 Å². The number of aryl methyl sites for hydroxylation is 1. The van der Waals surface area contributed by atoms with E-state index in [4.69, 9.17) is 4.74 Å². The second-order valence-corrected chi connectivity index (χ2v) is 8.64. The van der Waals surface area contributed by atoms with Crippen molar-refractivity contribution in [3.63, 3.8) is 0 Å². The third-order valence-electron chi connectivity index (χ3n) is 3.97. The van der Waals surface area contributed by atoms with Crippen LogP contribution in [0.4, 0.5) is 5.00 Å². The van der Waals surface area contributed by atoms with Crippen LogP contribution in [0.2, 0.25) is 0 Å². The molecule has 0 bridgehead atoms. The molecule has 0 saturated carbocycles. The van der Waals surface area contributed by atoms with E-state index in [0.29, 0.717) is 23.0 Å². The van der Waals surface area contributed by atoms with Gasteiger partial charge >= 0.3 is 0 Å². The Bertz CT molecular complexity index is 1010. The number of thioether (sulfide) groups is 1. The van der Waals surface area contributed by atoms with Crippen molar-refractivity contribution in [3.8, 4) is 17.0 Å². The van der Waals surface area contributed by atoms with E-state index in [9.17, 15) is 9.59 Å². The monoisotopic (exact) mass is 441 g/mol. The molecule has 2 aromatic carbocycles. The molecule has 0 fully saturated rings. The average Bonchev–Trinajstić information content (AvgIpc) is 3.14. The Labute approximate surface area is 184 Å². The van der Waals surface area contributed by atoms with Gasteiger partial charge in [-0.2, -0.15) is 0 Å². The Kier molecular flexibility index (Phi) is 7.87. The van der Waals surface area contributed by atoms with Gasteiger partial charge in [0.25, 0.3) is 5.91 Å². The van der Waals surface area contributed by atoms with Crippen LogP contribution in [0.1, 0.15) is 12.5 Å². The van der Waals surface area contributed by atoms with Gasteiger partial charge in [0, 0.05) is 12.1 Å². The topological polar surface area (TPSA) is 80.3 Å². The zero-order chi connectivity index (χ0) is 21.3. The molecular formula is C22H23N3O3S2. The number of hydrogen-bond acceptors (Lipinski definition) is 6. The van der Waals surface area contributed by atoms with Crippen LogP contribution in [0.15, 0.2) is 58.9 Å². The van der Waals surface area contributed by atoms with E-state index < -0.39 is 0 Å². The molecule has 2 N–H and O–H groups in total. The van der Waals surface area contributed by atoms with Gasteiger partial charge in [0.1, 0.15) is 16.4 Å². The maximum atomic E-state index is 12.5. The fourth-order valence-electron chi connectivity index (χ4n) is 2.63. The molecule has 1 aromatic heterocycles. The number of carbonyl (C=O) groups excluding carboxylic acids is 2. The fraction of sp³-hybridized carbons (Fsp3) is 0.227. The number of hydrogen-bond donors (Lipinski definition) is 2. The van der Waals surface area contributed by atoms with E-state index in [2.05, 4.69) is 15.6 Å². The molecule has 3 rings (SSSR count). The molecule has 0 aliphatic heterocycles. The van der Waals surface area contributed by atoms with Crippen LogP contribution in [0.3, 0.4) is 0 Å². The second-order valence-electron chi connectivity index (χ2n) is 6.42. The lowest BCUT2D eigenvalue weighted by atomic mass is 10.2. The van der Waals surface area contributed by atoms with Gasteiger partial charge in [-0.3, -0.25) is 9.59 Å². The fourth-order valence-corrected chi connectivity index (χ4v) is 4.54. The Morgan fingerprint density at radius 1 is 1.10 bits per heavy atom. The van der Waals surface area contributed by atoms with Gasteiger partial charge in [0.15, 0.2) is 10.9 Å². The molecule has 6 nitrogen and oxygen atoms in total. The molecule has 0 aliphatic rings. The molecule has 3 aromatic rings. The summed E-state index contributed by atoms with van der Waals surface area (Å²) < 4.78 is 6.31. The molecular weight excluding hydrogens is 418 g/mol. The Hall–Kier alpha value is -2.84. The number of nitrogens with zero attached hydrogens (tertiary/aromatic N) is 1. The molecule has 0 atom stereocenters. The van der Waals surface area contributed by atoms with Crippen molar-refractivity contribution in [2.45, 2.75) is 18.2 Å². The first-order valence-corrected chi connectivity index (χ1v) is 11.3. The van der Waals surface area contributed by atoms with E-state index >= 15 is 0 Å². The van der Waals surface area contributed by atoms with Crippen molar-refractivity contribution in [2.24, 2.45) is 0 Å². The maximum absolute atomic E-state index is 12.5. The third kappa shape index (κ3) is 6.33. The molecule has 30 heavy (non-hydrogen) atoms. The molecule has 0 aliphatic carbocycles. The smallest absolute Gasteiger partial charge is 0.262 e. The number of rotatable bonds is 9. The van der Waals surface area contributed by atoms with Gasteiger partial charge in [-0.25, -0.2) is 4.98 Å². The van der Waals surface area contributed by atoms with E-state index in [1.54, 1.807) is 0 Å². The van der Waals surface area contributed by atoms with Crippen molar-refractivity contribution < 1.29 is 14.3 Å². The highest BCUT2D eigenvalue weighted by molar-refractivity contribution is 8.01.